The Morgan fingerprint density at radius 3 is 2.87 bits per heavy atom. The van der Waals surface area contributed by atoms with E-state index in [2.05, 4.69) is 29.7 Å². The molecule has 2 aliphatic rings. The first-order chi connectivity index (χ1) is 11.2. The second-order valence-electron chi connectivity index (χ2n) is 6.42. The maximum absolute atomic E-state index is 12.5. The largest absolute Gasteiger partial charge is 0.353 e. The highest BCUT2D eigenvalue weighted by Gasteiger charge is 2.31. The molecule has 1 aromatic heterocycles. The molecule has 1 amide bonds. The van der Waals surface area contributed by atoms with Crippen LogP contribution in [0.15, 0.2) is 36.4 Å². The van der Waals surface area contributed by atoms with Gasteiger partial charge in [0, 0.05) is 4.88 Å². The summed E-state index contributed by atoms with van der Waals surface area (Å²) in [5.74, 6) is 0.785. The summed E-state index contributed by atoms with van der Waals surface area (Å²) in [6, 6.07) is 10.1. The van der Waals surface area contributed by atoms with Gasteiger partial charge in [-0.3, -0.25) is 4.79 Å². The van der Waals surface area contributed by atoms with Crippen molar-refractivity contribution in [3.8, 4) is 0 Å². The SMILES string of the molecule is C[C@H]1CCc2c(sc3c2C(=O)N[C@@H](/C=C/c2ccccc2)N3)C1. The molecule has 2 aromatic rings. The minimum atomic E-state index is -0.146. The zero-order valence-corrected chi connectivity index (χ0v) is 14.0. The Morgan fingerprint density at radius 2 is 2.04 bits per heavy atom. The summed E-state index contributed by atoms with van der Waals surface area (Å²) in [5.41, 5.74) is 3.30. The summed E-state index contributed by atoms with van der Waals surface area (Å²) in [5, 5.41) is 7.57. The maximum atomic E-state index is 12.5. The predicted octanol–water partition coefficient (Wildman–Crippen LogP) is 4.07. The molecule has 0 radical (unpaired) electrons. The first-order valence-electron chi connectivity index (χ1n) is 8.16. The molecule has 23 heavy (non-hydrogen) atoms. The third-order valence-corrected chi connectivity index (χ3v) is 5.78. The van der Waals surface area contributed by atoms with E-state index in [0.29, 0.717) is 0 Å². The second-order valence-corrected chi connectivity index (χ2v) is 7.53. The first kappa shape index (κ1) is 14.5. The van der Waals surface area contributed by atoms with Crippen molar-refractivity contribution in [3.05, 3.63) is 58.0 Å². The van der Waals surface area contributed by atoms with Crippen molar-refractivity contribution in [2.45, 2.75) is 32.4 Å². The van der Waals surface area contributed by atoms with Gasteiger partial charge in [0.15, 0.2) is 0 Å². The van der Waals surface area contributed by atoms with Gasteiger partial charge in [0.25, 0.3) is 5.91 Å². The van der Waals surface area contributed by atoms with Crippen LogP contribution in [0.1, 0.15) is 39.7 Å². The van der Waals surface area contributed by atoms with Crippen molar-refractivity contribution in [3.63, 3.8) is 0 Å². The zero-order valence-electron chi connectivity index (χ0n) is 13.1. The van der Waals surface area contributed by atoms with Crippen LogP contribution in [0.5, 0.6) is 0 Å². The molecule has 1 aliphatic heterocycles. The van der Waals surface area contributed by atoms with E-state index in [1.165, 1.54) is 16.9 Å². The fourth-order valence-electron chi connectivity index (χ4n) is 3.35. The average molecular weight is 324 g/mol. The fraction of sp³-hybridized carbons (Fsp3) is 0.316. The Hall–Kier alpha value is -2.07. The Kier molecular flexibility index (Phi) is 3.69. The molecule has 2 N–H and O–H groups in total. The lowest BCUT2D eigenvalue weighted by atomic mass is 9.88. The number of hydrogen-bond acceptors (Lipinski definition) is 3. The van der Waals surface area contributed by atoms with E-state index >= 15 is 0 Å². The van der Waals surface area contributed by atoms with Crippen molar-refractivity contribution < 1.29 is 4.79 Å². The number of rotatable bonds is 2. The molecule has 118 valence electrons. The molecule has 0 unspecified atom stereocenters. The third-order valence-electron chi connectivity index (χ3n) is 4.59. The molecule has 0 fully saturated rings. The number of thiophene rings is 1. The van der Waals surface area contributed by atoms with Crippen molar-refractivity contribution >= 4 is 28.3 Å². The highest BCUT2D eigenvalue weighted by molar-refractivity contribution is 7.16. The Morgan fingerprint density at radius 1 is 1.22 bits per heavy atom. The third kappa shape index (κ3) is 2.79. The lowest BCUT2D eigenvalue weighted by Crippen LogP contribution is -2.43. The van der Waals surface area contributed by atoms with Gasteiger partial charge in [-0.15, -0.1) is 11.3 Å². The molecule has 0 saturated heterocycles. The van der Waals surface area contributed by atoms with Gasteiger partial charge in [-0.2, -0.15) is 0 Å². The van der Waals surface area contributed by atoms with Gasteiger partial charge in [-0.05, 0) is 42.4 Å². The molecule has 0 bridgehead atoms. The van der Waals surface area contributed by atoms with E-state index in [-0.39, 0.29) is 12.1 Å². The molecule has 1 aromatic carbocycles. The molecular formula is C19H20N2OS. The predicted molar refractivity (Wildman–Crippen MR) is 95.9 cm³/mol. The first-order valence-corrected chi connectivity index (χ1v) is 8.97. The molecule has 1 aliphatic carbocycles. The second kappa shape index (κ2) is 5.85. The number of carbonyl (C=O) groups excluding carboxylic acids is 1. The summed E-state index contributed by atoms with van der Waals surface area (Å²) in [6.07, 6.45) is 7.22. The molecule has 4 heteroatoms. The molecular weight excluding hydrogens is 304 g/mol. The molecule has 4 rings (SSSR count). The summed E-state index contributed by atoms with van der Waals surface area (Å²) >= 11 is 1.76. The van der Waals surface area contributed by atoms with Crippen LogP contribution in [-0.4, -0.2) is 12.1 Å². The van der Waals surface area contributed by atoms with Gasteiger partial charge < -0.3 is 10.6 Å². The van der Waals surface area contributed by atoms with Crippen LogP contribution in [0.4, 0.5) is 5.00 Å². The van der Waals surface area contributed by atoms with Crippen LogP contribution >= 0.6 is 11.3 Å². The summed E-state index contributed by atoms with van der Waals surface area (Å²) < 4.78 is 0. The van der Waals surface area contributed by atoms with Gasteiger partial charge in [-0.1, -0.05) is 43.3 Å². The molecule has 2 atom stereocenters. The number of hydrogen-bond donors (Lipinski definition) is 2. The number of benzene rings is 1. The van der Waals surface area contributed by atoms with Crippen LogP contribution in [0.3, 0.4) is 0 Å². The Labute approximate surface area is 140 Å². The monoisotopic (exact) mass is 324 g/mol. The molecule has 2 heterocycles. The van der Waals surface area contributed by atoms with E-state index in [4.69, 9.17) is 0 Å². The minimum absolute atomic E-state index is 0.0634. The van der Waals surface area contributed by atoms with Crippen molar-refractivity contribution in [2.75, 3.05) is 5.32 Å². The van der Waals surface area contributed by atoms with E-state index in [1.54, 1.807) is 11.3 Å². The van der Waals surface area contributed by atoms with Crippen LogP contribution in [0.2, 0.25) is 0 Å². The highest BCUT2D eigenvalue weighted by Crippen LogP contribution is 2.41. The Balaban J connectivity index is 1.58. The van der Waals surface area contributed by atoms with Gasteiger partial charge in [0.05, 0.1) is 5.56 Å². The quantitative estimate of drug-likeness (QED) is 0.874. The lowest BCUT2D eigenvalue weighted by molar-refractivity contribution is 0.0942. The minimum Gasteiger partial charge on any atom is -0.353 e. The molecule has 0 saturated carbocycles. The molecule has 0 spiro atoms. The lowest BCUT2D eigenvalue weighted by Gasteiger charge is -2.24. The van der Waals surface area contributed by atoms with Crippen molar-refractivity contribution in [2.24, 2.45) is 5.92 Å². The fourth-order valence-corrected chi connectivity index (χ4v) is 4.80. The van der Waals surface area contributed by atoms with Gasteiger partial charge in [0.1, 0.15) is 11.2 Å². The number of nitrogens with one attached hydrogen (secondary N) is 2. The van der Waals surface area contributed by atoms with E-state index in [9.17, 15) is 4.79 Å². The van der Waals surface area contributed by atoms with E-state index in [0.717, 1.165) is 34.9 Å². The van der Waals surface area contributed by atoms with E-state index < -0.39 is 0 Å². The average Bonchev–Trinajstić information content (AvgIpc) is 2.91. The van der Waals surface area contributed by atoms with Crippen LogP contribution in [-0.2, 0) is 12.8 Å². The summed E-state index contributed by atoms with van der Waals surface area (Å²) in [7, 11) is 0. The van der Waals surface area contributed by atoms with Crippen LogP contribution in [0.25, 0.3) is 6.08 Å². The smallest absolute Gasteiger partial charge is 0.256 e. The van der Waals surface area contributed by atoms with E-state index in [1.807, 2.05) is 30.4 Å². The van der Waals surface area contributed by atoms with Crippen LogP contribution < -0.4 is 10.6 Å². The number of fused-ring (bicyclic) bond motifs is 3. The van der Waals surface area contributed by atoms with Gasteiger partial charge >= 0.3 is 0 Å². The summed E-state index contributed by atoms with van der Waals surface area (Å²) in [4.78, 5) is 13.9. The maximum Gasteiger partial charge on any atom is 0.256 e. The van der Waals surface area contributed by atoms with Crippen LogP contribution in [0, 0.1) is 5.92 Å². The zero-order chi connectivity index (χ0) is 15.8. The Bertz CT molecular complexity index is 763. The number of anilines is 1. The summed E-state index contributed by atoms with van der Waals surface area (Å²) in [6.45, 7) is 2.29. The standard InChI is InChI=1S/C19H20N2OS/c1-12-7-9-14-15(11-12)23-19-17(14)18(22)20-16(21-19)10-8-13-5-3-2-4-6-13/h2-6,8,10,12,16,21H,7,9,11H2,1H3,(H,20,22)/b10-8+/t12-,16+/m0/s1. The van der Waals surface area contributed by atoms with Gasteiger partial charge in [-0.25, -0.2) is 0 Å². The molecule has 3 nitrogen and oxygen atoms in total. The topological polar surface area (TPSA) is 41.1 Å². The highest BCUT2D eigenvalue weighted by atomic mass is 32.1. The van der Waals surface area contributed by atoms with Crippen molar-refractivity contribution in [1.29, 1.82) is 0 Å². The van der Waals surface area contributed by atoms with Gasteiger partial charge in [0.2, 0.25) is 0 Å². The van der Waals surface area contributed by atoms with Crippen molar-refractivity contribution in [1.82, 2.24) is 5.32 Å². The normalized spacial score (nSPS) is 23.1. The number of amides is 1. The number of carbonyl (C=O) groups is 1.